The molecule has 1 aromatic carbocycles. The van der Waals surface area contributed by atoms with Gasteiger partial charge in [0.25, 0.3) is 0 Å². The van der Waals surface area contributed by atoms with Gasteiger partial charge in [-0.15, -0.1) is 0 Å². The summed E-state index contributed by atoms with van der Waals surface area (Å²) in [4.78, 5) is 12.8. The van der Waals surface area contributed by atoms with Crippen molar-refractivity contribution in [2.45, 2.75) is 39.2 Å². The van der Waals surface area contributed by atoms with E-state index in [-0.39, 0.29) is 18.3 Å². The van der Waals surface area contributed by atoms with E-state index in [2.05, 4.69) is 13.8 Å². The highest BCUT2D eigenvalue weighted by Gasteiger charge is 2.27. The zero-order valence-corrected chi connectivity index (χ0v) is 12.5. The molecule has 0 fully saturated rings. The number of carboxylic acid groups (broad SMARTS) is 1. The van der Waals surface area contributed by atoms with Crippen LogP contribution in [0.3, 0.4) is 0 Å². The van der Waals surface area contributed by atoms with E-state index < -0.39 is 6.09 Å². The number of rotatable bonds is 3. The van der Waals surface area contributed by atoms with Crippen LogP contribution >= 0.6 is 0 Å². The number of nitrogens with zero attached hydrogens (tertiary/aromatic N) is 1. The van der Waals surface area contributed by atoms with Gasteiger partial charge in [-0.3, -0.25) is 0 Å². The van der Waals surface area contributed by atoms with E-state index in [0.717, 1.165) is 17.5 Å². The summed E-state index contributed by atoms with van der Waals surface area (Å²) < 4.78 is 0. The standard InChI is InChI=1S/C16H23NO4/c1-10(2)5-12-8-17(16(20)21)4-3-11-7-15(19)13(9-18)6-14(11)12/h6-7,10,12,18-19H,3-5,8-9H2,1-2H3,(H,20,21). The van der Waals surface area contributed by atoms with Crippen molar-refractivity contribution < 1.29 is 20.1 Å². The van der Waals surface area contributed by atoms with Crippen molar-refractivity contribution >= 4 is 6.09 Å². The molecule has 2 rings (SSSR count). The summed E-state index contributed by atoms with van der Waals surface area (Å²) in [6, 6.07) is 3.52. The molecule has 1 atom stereocenters. The number of fused-ring (bicyclic) bond motifs is 1. The van der Waals surface area contributed by atoms with Gasteiger partial charge in [-0.1, -0.05) is 13.8 Å². The van der Waals surface area contributed by atoms with Gasteiger partial charge < -0.3 is 20.2 Å². The minimum Gasteiger partial charge on any atom is -0.508 e. The molecule has 1 aromatic rings. The van der Waals surface area contributed by atoms with Crippen molar-refractivity contribution in [2.75, 3.05) is 13.1 Å². The van der Waals surface area contributed by atoms with E-state index in [1.807, 2.05) is 6.07 Å². The molecule has 0 saturated heterocycles. The van der Waals surface area contributed by atoms with E-state index in [1.165, 1.54) is 4.90 Å². The summed E-state index contributed by atoms with van der Waals surface area (Å²) >= 11 is 0. The van der Waals surface area contributed by atoms with Crippen LogP contribution in [0.1, 0.15) is 42.9 Å². The number of carbonyl (C=O) groups is 1. The molecule has 1 unspecified atom stereocenters. The number of phenols is 1. The van der Waals surface area contributed by atoms with Gasteiger partial charge in [0, 0.05) is 24.6 Å². The van der Waals surface area contributed by atoms with Gasteiger partial charge in [-0.25, -0.2) is 4.79 Å². The SMILES string of the molecule is CC(C)CC1CN(C(=O)O)CCc2cc(O)c(CO)cc21. The second-order valence-electron chi connectivity index (χ2n) is 6.14. The highest BCUT2D eigenvalue weighted by atomic mass is 16.4. The van der Waals surface area contributed by atoms with Crippen LogP contribution in [-0.4, -0.2) is 39.4 Å². The molecule has 1 amide bonds. The molecule has 1 heterocycles. The first-order valence-corrected chi connectivity index (χ1v) is 7.35. The molecule has 21 heavy (non-hydrogen) atoms. The monoisotopic (exact) mass is 293 g/mol. The fraction of sp³-hybridized carbons (Fsp3) is 0.562. The maximum atomic E-state index is 11.3. The van der Waals surface area contributed by atoms with Crippen molar-refractivity contribution in [3.63, 3.8) is 0 Å². The molecular weight excluding hydrogens is 270 g/mol. The normalized spacial score (nSPS) is 18.5. The van der Waals surface area contributed by atoms with Gasteiger partial charge in [0.2, 0.25) is 0 Å². The lowest BCUT2D eigenvalue weighted by molar-refractivity contribution is 0.142. The summed E-state index contributed by atoms with van der Waals surface area (Å²) in [5.41, 5.74) is 2.56. The summed E-state index contributed by atoms with van der Waals surface area (Å²) in [5, 5.41) is 28.5. The summed E-state index contributed by atoms with van der Waals surface area (Å²) in [7, 11) is 0. The molecule has 0 bridgehead atoms. The molecule has 1 aliphatic rings. The maximum Gasteiger partial charge on any atom is 0.407 e. The second-order valence-corrected chi connectivity index (χ2v) is 6.14. The van der Waals surface area contributed by atoms with Crippen molar-refractivity contribution in [2.24, 2.45) is 5.92 Å². The summed E-state index contributed by atoms with van der Waals surface area (Å²) in [6.45, 7) is 4.92. The van der Waals surface area contributed by atoms with Gasteiger partial charge in [-0.2, -0.15) is 0 Å². The minimum absolute atomic E-state index is 0.0864. The van der Waals surface area contributed by atoms with Crippen LogP contribution in [0.25, 0.3) is 0 Å². The fourth-order valence-corrected chi connectivity index (χ4v) is 3.07. The quantitative estimate of drug-likeness (QED) is 0.800. The highest BCUT2D eigenvalue weighted by molar-refractivity contribution is 5.65. The smallest absolute Gasteiger partial charge is 0.407 e. The lowest BCUT2D eigenvalue weighted by Gasteiger charge is -2.24. The Bertz CT molecular complexity index is 527. The third kappa shape index (κ3) is 3.47. The lowest BCUT2D eigenvalue weighted by Crippen LogP contribution is -2.33. The van der Waals surface area contributed by atoms with Gasteiger partial charge in [0.1, 0.15) is 5.75 Å². The van der Waals surface area contributed by atoms with E-state index in [4.69, 9.17) is 0 Å². The zero-order chi connectivity index (χ0) is 15.6. The van der Waals surface area contributed by atoms with Crippen LogP contribution in [0.5, 0.6) is 5.75 Å². The Labute approximate surface area is 124 Å². The van der Waals surface area contributed by atoms with Crippen LogP contribution in [0, 0.1) is 5.92 Å². The maximum absolute atomic E-state index is 11.3. The van der Waals surface area contributed by atoms with Crippen LogP contribution < -0.4 is 0 Å². The molecule has 1 aliphatic heterocycles. The Kier molecular flexibility index (Phi) is 4.73. The number of amides is 1. The zero-order valence-electron chi connectivity index (χ0n) is 12.5. The average Bonchev–Trinajstić information content (AvgIpc) is 2.57. The lowest BCUT2D eigenvalue weighted by atomic mass is 9.86. The van der Waals surface area contributed by atoms with Crippen molar-refractivity contribution in [1.29, 1.82) is 0 Å². The topological polar surface area (TPSA) is 81.0 Å². The highest BCUT2D eigenvalue weighted by Crippen LogP contribution is 2.34. The first-order valence-electron chi connectivity index (χ1n) is 7.35. The largest absolute Gasteiger partial charge is 0.508 e. The first-order chi connectivity index (χ1) is 9.92. The Hall–Kier alpha value is -1.75. The molecule has 116 valence electrons. The van der Waals surface area contributed by atoms with E-state index in [0.29, 0.717) is 31.0 Å². The van der Waals surface area contributed by atoms with Crippen molar-refractivity contribution in [3.8, 4) is 5.75 Å². The van der Waals surface area contributed by atoms with Crippen LogP contribution in [0.4, 0.5) is 4.79 Å². The fourth-order valence-electron chi connectivity index (χ4n) is 3.07. The molecule has 5 nitrogen and oxygen atoms in total. The number of hydrogen-bond donors (Lipinski definition) is 3. The minimum atomic E-state index is -0.900. The molecule has 0 aliphatic carbocycles. The van der Waals surface area contributed by atoms with Gasteiger partial charge in [0.05, 0.1) is 6.61 Å². The predicted molar refractivity (Wildman–Crippen MR) is 79.5 cm³/mol. The first kappa shape index (κ1) is 15.6. The number of benzene rings is 1. The molecule has 0 radical (unpaired) electrons. The molecule has 0 spiro atoms. The molecule has 0 saturated carbocycles. The predicted octanol–water partition coefficient (Wildman–Crippen LogP) is 2.55. The number of aliphatic hydroxyl groups excluding tert-OH is 1. The molecular formula is C16H23NO4. The summed E-state index contributed by atoms with van der Waals surface area (Å²) in [6.07, 6.45) is 0.574. The van der Waals surface area contributed by atoms with Crippen molar-refractivity contribution in [3.05, 3.63) is 28.8 Å². The number of hydrogen-bond acceptors (Lipinski definition) is 3. The summed E-state index contributed by atoms with van der Waals surface area (Å²) in [5.74, 6) is 0.635. The Morgan fingerprint density at radius 3 is 2.71 bits per heavy atom. The second kappa shape index (κ2) is 6.35. The van der Waals surface area contributed by atoms with Gasteiger partial charge in [-0.05, 0) is 42.0 Å². The van der Waals surface area contributed by atoms with E-state index in [1.54, 1.807) is 6.07 Å². The van der Waals surface area contributed by atoms with Crippen LogP contribution in [0.2, 0.25) is 0 Å². The van der Waals surface area contributed by atoms with Crippen LogP contribution in [0.15, 0.2) is 12.1 Å². The third-order valence-electron chi connectivity index (χ3n) is 4.07. The Morgan fingerprint density at radius 2 is 2.14 bits per heavy atom. The van der Waals surface area contributed by atoms with Gasteiger partial charge >= 0.3 is 6.09 Å². The van der Waals surface area contributed by atoms with E-state index in [9.17, 15) is 20.1 Å². The number of aliphatic hydroxyl groups is 1. The Balaban J connectivity index is 2.42. The third-order valence-corrected chi connectivity index (χ3v) is 4.07. The molecule has 3 N–H and O–H groups in total. The van der Waals surface area contributed by atoms with E-state index >= 15 is 0 Å². The molecule has 5 heteroatoms. The number of aromatic hydroxyl groups is 1. The van der Waals surface area contributed by atoms with Crippen molar-refractivity contribution in [1.82, 2.24) is 4.90 Å². The van der Waals surface area contributed by atoms with Gasteiger partial charge in [0.15, 0.2) is 0 Å². The average molecular weight is 293 g/mol. The van der Waals surface area contributed by atoms with Crippen LogP contribution in [-0.2, 0) is 13.0 Å². The Morgan fingerprint density at radius 1 is 1.43 bits per heavy atom. The molecule has 0 aromatic heterocycles.